The molecule has 2 saturated heterocycles. The summed E-state index contributed by atoms with van der Waals surface area (Å²) in [6, 6.07) is 5.94. The van der Waals surface area contributed by atoms with E-state index in [1.807, 2.05) is 25.1 Å². The summed E-state index contributed by atoms with van der Waals surface area (Å²) in [7, 11) is 1.65. The largest absolute Gasteiger partial charge is 0.496 e. The second-order valence-corrected chi connectivity index (χ2v) is 5.94. The Labute approximate surface area is 120 Å². The van der Waals surface area contributed by atoms with Crippen molar-refractivity contribution in [3.05, 3.63) is 29.3 Å². The standard InChI is InChI=1S/C16H23NO3/c1-11-3-6-16(19-2)14(7-11)15(18)10-17-8-12-4-5-13(9-17)20-12/h3,6-7,12-13,15,18H,4-5,8-10H2,1-2H3. The maximum atomic E-state index is 10.5. The SMILES string of the molecule is COc1ccc(C)cc1C(O)CN1CC2CCC(C1)O2. The lowest BCUT2D eigenvalue weighted by molar-refractivity contribution is -0.0498. The molecule has 20 heavy (non-hydrogen) atoms. The van der Waals surface area contributed by atoms with Gasteiger partial charge in [0, 0.05) is 25.2 Å². The number of rotatable bonds is 4. The summed E-state index contributed by atoms with van der Waals surface area (Å²) in [5, 5.41) is 10.5. The zero-order valence-electron chi connectivity index (χ0n) is 12.2. The maximum Gasteiger partial charge on any atom is 0.124 e. The maximum absolute atomic E-state index is 10.5. The number of hydrogen-bond donors (Lipinski definition) is 1. The lowest BCUT2D eigenvalue weighted by Crippen LogP contribution is -2.44. The Morgan fingerprint density at radius 2 is 2.05 bits per heavy atom. The molecule has 3 rings (SSSR count). The van der Waals surface area contributed by atoms with Crippen LogP contribution in [0.3, 0.4) is 0 Å². The summed E-state index contributed by atoms with van der Waals surface area (Å²) < 4.78 is 11.2. The van der Waals surface area contributed by atoms with E-state index in [2.05, 4.69) is 4.90 Å². The van der Waals surface area contributed by atoms with Gasteiger partial charge in [0.2, 0.25) is 0 Å². The summed E-state index contributed by atoms with van der Waals surface area (Å²) in [6.45, 7) is 4.55. The molecule has 0 saturated carbocycles. The Balaban J connectivity index is 1.69. The molecule has 1 N–H and O–H groups in total. The predicted molar refractivity (Wildman–Crippen MR) is 77.0 cm³/mol. The van der Waals surface area contributed by atoms with Gasteiger partial charge in [0.1, 0.15) is 5.75 Å². The highest BCUT2D eigenvalue weighted by molar-refractivity contribution is 5.38. The van der Waals surface area contributed by atoms with Gasteiger partial charge in [-0.15, -0.1) is 0 Å². The van der Waals surface area contributed by atoms with E-state index >= 15 is 0 Å². The minimum absolute atomic E-state index is 0.361. The Bertz CT molecular complexity index is 465. The third-order valence-electron chi connectivity index (χ3n) is 4.29. The van der Waals surface area contributed by atoms with Crippen molar-refractivity contribution < 1.29 is 14.6 Å². The third kappa shape index (κ3) is 2.82. The van der Waals surface area contributed by atoms with Crippen molar-refractivity contribution in [2.75, 3.05) is 26.7 Å². The van der Waals surface area contributed by atoms with Crippen molar-refractivity contribution >= 4 is 0 Å². The van der Waals surface area contributed by atoms with Crippen LogP contribution in [-0.4, -0.2) is 49.0 Å². The van der Waals surface area contributed by atoms with Crippen LogP contribution in [0.25, 0.3) is 0 Å². The van der Waals surface area contributed by atoms with Crippen molar-refractivity contribution in [1.82, 2.24) is 4.90 Å². The summed E-state index contributed by atoms with van der Waals surface area (Å²) in [5.41, 5.74) is 2.02. The average molecular weight is 277 g/mol. The van der Waals surface area contributed by atoms with Crippen LogP contribution in [0.5, 0.6) is 5.75 Å². The lowest BCUT2D eigenvalue weighted by atomic mass is 10.0. The molecule has 1 aromatic rings. The first-order valence-electron chi connectivity index (χ1n) is 7.36. The van der Waals surface area contributed by atoms with Crippen molar-refractivity contribution in [3.8, 4) is 5.75 Å². The van der Waals surface area contributed by atoms with Crippen LogP contribution in [0.4, 0.5) is 0 Å². The zero-order valence-corrected chi connectivity index (χ0v) is 12.2. The minimum atomic E-state index is -0.512. The normalized spacial score (nSPS) is 27.6. The molecule has 0 radical (unpaired) electrons. The third-order valence-corrected chi connectivity index (χ3v) is 4.29. The summed E-state index contributed by atoms with van der Waals surface area (Å²) in [5.74, 6) is 0.763. The van der Waals surface area contributed by atoms with E-state index in [1.165, 1.54) is 0 Å². The number of benzene rings is 1. The number of methoxy groups -OCH3 is 1. The molecule has 0 aliphatic carbocycles. The van der Waals surface area contributed by atoms with Gasteiger partial charge in [-0.2, -0.15) is 0 Å². The van der Waals surface area contributed by atoms with Crippen LogP contribution < -0.4 is 4.74 Å². The topological polar surface area (TPSA) is 41.9 Å². The van der Waals surface area contributed by atoms with Crippen LogP contribution in [0.2, 0.25) is 0 Å². The fourth-order valence-electron chi connectivity index (χ4n) is 3.31. The number of β-amino-alcohol motifs (C(OH)–C–C–N with tert-alkyl or cyclic N) is 1. The number of morpholine rings is 1. The summed E-state index contributed by atoms with van der Waals surface area (Å²) in [6.07, 6.45) is 2.53. The van der Waals surface area contributed by atoms with Crippen LogP contribution in [0, 0.1) is 6.92 Å². The molecule has 2 fully saturated rings. The molecule has 2 aliphatic rings. The first-order chi connectivity index (χ1) is 9.65. The van der Waals surface area contributed by atoms with Crippen molar-refractivity contribution in [2.45, 2.75) is 38.1 Å². The Hall–Kier alpha value is -1.10. The zero-order chi connectivity index (χ0) is 14.1. The Morgan fingerprint density at radius 3 is 2.70 bits per heavy atom. The highest BCUT2D eigenvalue weighted by Crippen LogP contribution is 2.30. The molecule has 1 aromatic carbocycles. The molecule has 2 aliphatic heterocycles. The molecule has 4 nitrogen and oxygen atoms in total. The number of fused-ring (bicyclic) bond motifs is 2. The molecule has 110 valence electrons. The van der Waals surface area contributed by atoms with Gasteiger partial charge in [0.05, 0.1) is 25.4 Å². The lowest BCUT2D eigenvalue weighted by Gasteiger charge is -2.33. The summed E-state index contributed by atoms with van der Waals surface area (Å²) in [4.78, 5) is 2.32. The number of aliphatic hydroxyl groups excluding tert-OH is 1. The molecule has 4 heteroatoms. The van der Waals surface area contributed by atoms with Gasteiger partial charge in [-0.1, -0.05) is 11.6 Å². The predicted octanol–water partition coefficient (Wildman–Crippen LogP) is 1.90. The number of ether oxygens (including phenoxy) is 2. The fraction of sp³-hybridized carbons (Fsp3) is 0.625. The van der Waals surface area contributed by atoms with Crippen molar-refractivity contribution in [2.24, 2.45) is 0 Å². The number of likely N-dealkylation sites (tertiary alicyclic amines) is 1. The van der Waals surface area contributed by atoms with Crippen molar-refractivity contribution in [1.29, 1.82) is 0 Å². The molecule has 2 bridgehead atoms. The van der Waals surface area contributed by atoms with Gasteiger partial charge >= 0.3 is 0 Å². The molecular formula is C16H23NO3. The van der Waals surface area contributed by atoms with E-state index < -0.39 is 6.10 Å². The monoisotopic (exact) mass is 277 g/mol. The van der Waals surface area contributed by atoms with Gasteiger partial charge in [-0.25, -0.2) is 0 Å². The summed E-state index contributed by atoms with van der Waals surface area (Å²) >= 11 is 0. The molecule has 0 amide bonds. The number of hydrogen-bond acceptors (Lipinski definition) is 4. The minimum Gasteiger partial charge on any atom is -0.496 e. The molecule has 3 unspecified atom stereocenters. The molecular weight excluding hydrogens is 254 g/mol. The Morgan fingerprint density at radius 1 is 1.35 bits per heavy atom. The second-order valence-electron chi connectivity index (χ2n) is 5.94. The van der Waals surface area contributed by atoms with Gasteiger partial charge in [0.25, 0.3) is 0 Å². The Kier molecular flexibility index (Phi) is 3.96. The van der Waals surface area contributed by atoms with Crippen LogP contribution >= 0.6 is 0 Å². The second kappa shape index (κ2) is 5.72. The van der Waals surface area contributed by atoms with Crippen LogP contribution in [-0.2, 0) is 4.74 Å². The van der Waals surface area contributed by atoms with Gasteiger partial charge in [0.15, 0.2) is 0 Å². The first-order valence-corrected chi connectivity index (χ1v) is 7.36. The highest BCUT2D eigenvalue weighted by atomic mass is 16.5. The number of nitrogens with zero attached hydrogens (tertiary/aromatic N) is 1. The van der Waals surface area contributed by atoms with E-state index in [-0.39, 0.29) is 0 Å². The smallest absolute Gasteiger partial charge is 0.124 e. The van der Waals surface area contributed by atoms with Crippen LogP contribution in [0.1, 0.15) is 30.1 Å². The number of aliphatic hydroxyl groups is 1. The number of aryl methyl sites for hydroxylation is 1. The first kappa shape index (κ1) is 13.9. The molecule has 3 atom stereocenters. The van der Waals surface area contributed by atoms with Crippen LogP contribution in [0.15, 0.2) is 18.2 Å². The van der Waals surface area contributed by atoms with Gasteiger partial charge in [-0.3, -0.25) is 4.90 Å². The fourth-order valence-corrected chi connectivity index (χ4v) is 3.31. The quantitative estimate of drug-likeness (QED) is 0.913. The van der Waals surface area contributed by atoms with E-state index in [1.54, 1.807) is 7.11 Å². The molecule has 0 spiro atoms. The van der Waals surface area contributed by atoms with Crippen molar-refractivity contribution in [3.63, 3.8) is 0 Å². The average Bonchev–Trinajstić information content (AvgIpc) is 2.78. The molecule has 0 aromatic heterocycles. The van der Waals surface area contributed by atoms with Gasteiger partial charge in [-0.05, 0) is 31.9 Å². The van der Waals surface area contributed by atoms with E-state index in [4.69, 9.17) is 9.47 Å². The highest BCUT2D eigenvalue weighted by Gasteiger charge is 2.34. The van der Waals surface area contributed by atoms with Gasteiger partial charge < -0.3 is 14.6 Å². The molecule has 2 heterocycles. The van der Waals surface area contributed by atoms with E-state index in [0.29, 0.717) is 18.8 Å². The van der Waals surface area contributed by atoms with E-state index in [9.17, 15) is 5.11 Å². The van der Waals surface area contributed by atoms with E-state index in [0.717, 1.165) is 42.8 Å².